The average molecular weight is 263 g/mol. The standard InChI is InChI=1S/C14H17NO4/c1-9-5-6-12(10(2)7-9)15-8-11(13(16)18-3)14(17)19-4/h5-8,15H,1-4H3. The van der Waals surface area contributed by atoms with Crippen molar-refractivity contribution in [2.24, 2.45) is 0 Å². The van der Waals surface area contributed by atoms with Crippen LogP contribution in [-0.4, -0.2) is 26.2 Å². The van der Waals surface area contributed by atoms with Gasteiger partial charge in [-0.25, -0.2) is 9.59 Å². The molecule has 0 aromatic heterocycles. The van der Waals surface area contributed by atoms with E-state index >= 15 is 0 Å². The molecule has 0 amide bonds. The minimum absolute atomic E-state index is 0.190. The molecule has 1 aromatic carbocycles. The summed E-state index contributed by atoms with van der Waals surface area (Å²) in [4.78, 5) is 22.9. The zero-order valence-corrected chi connectivity index (χ0v) is 11.4. The molecule has 1 aromatic rings. The second-order valence-electron chi connectivity index (χ2n) is 4.00. The summed E-state index contributed by atoms with van der Waals surface area (Å²) in [5, 5.41) is 2.91. The van der Waals surface area contributed by atoms with Gasteiger partial charge in [0.05, 0.1) is 14.2 Å². The first-order chi connectivity index (χ1) is 8.99. The Bertz CT molecular complexity index is 502. The van der Waals surface area contributed by atoms with Crippen molar-refractivity contribution in [2.75, 3.05) is 19.5 Å². The Hall–Kier alpha value is -2.30. The van der Waals surface area contributed by atoms with Crippen molar-refractivity contribution in [3.8, 4) is 0 Å². The van der Waals surface area contributed by atoms with E-state index in [1.165, 1.54) is 20.4 Å². The van der Waals surface area contributed by atoms with Gasteiger partial charge in [-0.05, 0) is 25.5 Å². The maximum Gasteiger partial charge on any atom is 0.346 e. The molecule has 0 bridgehead atoms. The molecule has 1 N–H and O–H groups in total. The normalized spacial score (nSPS) is 9.47. The largest absolute Gasteiger partial charge is 0.465 e. The number of ether oxygens (including phenoxy) is 2. The van der Waals surface area contributed by atoms with Gasteiger partial charge >= 0.3 is 11.9 Å². The molecule has 0 spiro atoms. The first-order valence-corrected chi connectivity index (χ1v) is 5.70. The summed E-state index contributed by atoms with van der Waals surface area (Å²) in [6, 6.07) is 5.79. The van der Waals surface area contributed by atoms with Crippen molar-refractivity contribution in [3.63, 3.8) is 0 Å². The van der Waals surface area contributed by atoms with E-state index in [2.05, 4.69) is 14.8 Å². The number of aryl methyl sites for hydroxylation is 2. The Morgan fingerprint density at radius 1 is 1.11 bits per heavy atom. The van der Waals surface area contributed by atoms with E-state index in [4.69, 9.17) is 0 Å². The molecule has 0 aliphatic heterocycles. The number of carbonyl (C=O) groups excluding carboxylic acids is 2. The fourth-order valence-corrected chi connectivity index (χ4v) is 1.55. The zero-order chi connectivity index (χ0) is 14.4. The van der Waals surface area contributed by atoms with Crippen molar-refractivity contribution in [2.45, 2.75) is 13.8 Å². The van der Waals surface area contributed by atoms with Gasteiger partial charge in [-0.3, -0.25) is 0 Å². The highest BCUT2D eigenvalue weighted by atomic mass is 16.5. The maximum atomic E-state index is 11.4. The lowest BCUT2D eigenvalue weighted by molar-refractivity contribution is -0.144. The van der Waals surface area contributed by atoms with Crippen LogP contribution < -0.4 is 5.32 Å². The molecule has 0 aliphatic carbocycles. The van der Waals surface area contributed by atoms with Crippen LogP contribution in [0.1, 0.15) is 11.1 Å². The SMILES string of the molecule is COC(=O)C(=CNc1ccc(C)cc1C)C(=O)OC. The second-order valence-corrected chi connectivity index (χ2v) is 4.00. The molecule has 0 saturated heterocycles. The third kappa shape index (κ3) is 3.84. The van der Waals surface area contributed by atoms with Gasteiger partial charge < -0.3 is 14.8 Å². The molecule has 5 nitrogen and oxygen atoms in total. The van der Waals surface area contributed by atoms with Crippen LogP contribution in [0.5, 0.6) is 0 Å². The van der Waals surface area contributed by atoms with Crippen molar-refractivity contribution in [1.29, 1.82) is 0 Å². The van der Waals surface area contributed by atoms with Gasteiger partial charge in [0, 0.05) is 11.9 Å². The number of benzene rings is 1. The summed E-state index contributed by atoms with van der Waals surface area (Å²) < 4.78 is 9.05. The summed E-state index contributed by atoms with van der Waals surface area (Å²) in [6.45, 7) is 3.92. The van der Waals surface area contributed by atoms with Crippen molar-refractivity contribution in [1.82, 2.24) is 0 Å². The average Bonchev–Trinajstić information content (AvgIpc) is 2.40. The molecule has 19 heavy (non-hydrogen) atoms. The molecule has 0 radical (unpaired) electrons. The molecule has 102 valence electrons. The zero-order valence-electron chi connectivity index (χ0n) is 11.4. The molecular weight excluding hydrogens is 246 g/mol. The lowest BCUT2D eigenvalue weighted by Gasteiger charge is -2.08. The molecule has 0 unspecified atom stereocenters. The van der Waals surface area contributed by atoms with Crippen LogP contribution in [0.4, 0.5) is 5.69 Å². The quantitative estimate of drug-likeness (QED) is 0.389. The summed E-state index contributed by atoms with van der Waals surface area (Å²) in [6.07, 6.45) is 1.29. The third-order valence-electron chi connectivity index (χ3n) is 2.56. The number of methoxy groups -OCH3 is 2. The summed E-state index contributed by atoms with van der Waals surface area (Å²) >= 11 is 0. The number of anilines is 1. The molecule has 0 saturated carbocycles. The smallest absolute Gasteiger partial charge is 0.346 e. The molecular formula is C14H17NO4. The Morgan fingerprint density at radius 3 is 2.16 bits per heavy atom. The minimum atomic E-state index is -0.746. The third-order valence-corrected chi connectivity index (χ3v) is 2.56. The number of rotatable bonds is 4. The Kier molecular flexibility index (Phi) is 5.11. The van der Waals surface area contributed by atoms with Crippen LogP contribution in [-0.2, 0) is 19.1 Å². The van der Waals surface area contributed by atoms with Gasteiger partial charge in [-0.15, -0.1) is 0 Å². The van der Waals surface area contributed by atoms with Gasteiger partial charge in [0.1, 0.15) is 0 Å². The van der Waals surface area contributed by atoms with Crippen LogP contribution in [0.2, 0.25) is 0 Å². The monoisotopic (exact) mass is 263 g/mol. The molecule has 0 fully saturated rings. The first-order valence-electron chi connectivity index (χ1n) is 5.70. The summed E-state index contributed by atoms with van der Waals surface area (Å²) in [7, 11) is 2.41. The number of hydrogen-bond acceptors (Lipinski definition) is 5. The number of hydrogen-bond donors (Lipinski definition) is 1. The van der Waals surface area contributed by atoms with E-state index in [0.717, 1.165) is 16.8 Å². The van der Waals surface area contributed by atoms with Crippen LogP contribution >= 0.6 is 0 Å². The highest BCUT2D eigenvalue weighted by Gasteiger charge is 2.19. The molecule has 0 atom stereocenters. The van der Waals surface area contributed by atoms with Gasteiger partial charge in [0.15, 0.2) is 5.57 Å². The maximum absolute atomic E-state index is 11.4. The number of nitrogens with one attached hydrogen (secondary N) is 1. The highest BCUT2D eigenvalue weighted by molar-refractivity contribution is 6.14. The van der Waals surface area contributed by atoms with Gasteiger partial charge in [-0.2, -0.15) is 0 Å². The van der Waals surface area contributed by atoms with E-state index in [9.17, 15) is 9.59 Å². The fourth-order valence-electron chi connectivity index (χ4n) is 1.55. The molecule has 1 rings (SSSR count). The van der Waals surface area contributed by atoms with E-state index in [0.29, 0.717) is 0 Å². The molecule has 0 heterocycles. The predicted molar refractivity (Wildman–Crippen MR) is 71.7 cm³/mol. The van der Waals surface area contributed by atoms with Gasteiger partial charge in [-0.1, -0.05) is 17.7 Å². The summed E-state index contributed by atoms with van der Waals surface area (Å²) in [5.74, 6) is -1.49. The van der Waals surface area contributed by atoms with Gasteiger partial charge in [0.2, 0.25) is 0 Å². The van der Waals surface area contributed by atoms with Crippen LogP contribution in [0, 0.1) is 13.8 Å². The summed E-state index contributed by atoms with van der Waals surface area (Å²) in [5.41, 5.74) is 2.75. The van der Waals surface area contributed by atoms with Crippen molar-refractivity contribution < 1.29 is 19.1 Å². The van der Waals surface area contributed by atoms with Crippen LogP contribution in [0.25, 0.3) is 0 Å². The fraction of sp³-hybridized carbons (Fsp3) is 0.286. The van der Waals surface area contributed by atoms with E-state index in [1.54, 1.807) is 0 Å². The van der Waals surface area contributed by atoms with Crippen LogP contribution in [0.3, 0.4) is 0 Å². The van der Waals surface area contributed by atoms with E-state index < -0.39 is 11.9 Å². The Morgan fingerprint density at radius 2 is 1.68 bits per heavy atom. The van der Waals surface area contributed by atoms with Crippen molar-refractivity contribution >= 4 is 17.6 Å². The van der Waals surface area contributed by atoms with E-state index in [-0.39, 0.29) is 5.57 Å². The first kappa shape index (κ1) is 14.8. The number of carbonyl (C=O) groups is 2. The molecule has 5 heteroatoms. The Balaban J connectivity index is 2.98. The Labute approximate surface area is 112 Å². The lowest BCUT2D eigenvalue weighted by atomic mass is 10.1. The second kappa shape index (κ2) is 6.58. The lowest BCUT2D eigenvalue weighted by Crippen LogP contribution is -2.17. The predicted octanol–water partition coefficient (Wildman–Crippen LogP) is 1.95. The molecule has 0 aliphatic rings. The number of esters is 2. The van der Waals surface area contributed by atoms with E-state index in [1.807, 2.05) is 32.0 Å². The minimum Gasteiger partial charge on any atom is -0.465 e. The van der Waals surface area contributed by atoms with Gasteiger partial charge in [0.25, 0.3) is 0 Å². The van der Waals surface area contributed by atoms with Crippen molar-refractivity contribution in [3.05, 3.63) is 41.1 Å². The van der Waals surface area contributed by atoms with Crippen LogP contribution in [0.15, 0.2) is 30.0 Å². The topological polar surface area (TPSA) is 64.6 Å². The highest BCUT2D eigenvalue weighted by Crippen LogP contribution is 2.16.